The van der Waals surface area contributed by atoms with Gasteiger partial charge in [-0.1, -0.05) is 11.6 Å². The second kappa shape index (κ2) is 12.9. The quantitative estimate of drug-likeness (QED) is 0.288. The van der Waals surface area contributed by atoms with Gasteiger partial charge in [0.05, 0.1) is 23.3 Å². The minimum Gasteiger partial charge on any atom is -0.479 e. The van der Waals surface area contributed by atoms with Crippen LogP contribution in [-0.2, 0) is 29.2 Å². The molecule has 2 unspecified atom stereocenters. The van der Waals surface area contributed by atoms with Gasteiger partial charge in [-0.05, 0) is 56.7 Å². The van der Waals surface area contributed by atoms with Crippen LogP contribution in [0.15, 0.2) is 24.4 Å². The van der Waals surface area contributed by atoms with Crippen LogP contribution in [0.25, 0.3) is 5.69 Å². The highest BCUT2D eigenvalue weighted by Gasteiger charge is 2.29. The van der Waals surface area contributed by atoms with E-state index in [2.05, 4.69) is 30.4 Å². The highest BCUT2D eigenvalue weighted by molar-refractivity contribution is 5.83. The fraction of sp³-hybridized carbons (Fsp3) is 0.500. The molecule has 5 rings (SSSR count). The molecule has 2 aliphatic rings. The molecule has 1 saturated carbocycles. The van der Waals surface area contributed by atoms with Crippen molar-refractivity contribution < 1.29 is 34.8 Å². The molecule has 4 N–H and O–H groups in total. The van der Waals surface area contributed by atoms with Crippen LogP contribution in [0.5, 0.6) is 5.88 Å². The lowest BCUT2D eigenvalue weighted by Gasteiger charge is -2.34. The number of hydrogen-bond acceptors (Lipinski definition) is 11. The Bertz CT molecular complexity index is 1310. The van der Waals surface area contributed by atoms with E-state index < -0.39 is 24.1 Å². The lowest BCUT2D eigenvalue weighted by atomic mass is 9.85. The summed E-state index contributed by atoms with van der Waals surface area (Å²) in [5.74, 6) is -2.10. The lowest BCUT2D eigenvalue weighted by Crippen LogP contribution is -2.39. The molecule has 0 amide bonds. The molecule has 1 aliphatic heterocycles. The first-order chi connectivity index (χ1) is 19.1. The van der Waals surface area contributed by atoms with E-state index in [0.717, 1.165) is 53.9 Å². The summed E-state index contributed by atoms with van der Waals surface area (Å²) < 4.78 is 7.76. The predicted octanol–water partition coefficient (Wildman–Crippen LogP) is 0.684. The van der Waals surface area contributed by atoms with Gasteiger partial charge in [0.1, 0.15) is 12.3 Å². The summed E-state index contributed by atoms with van der Waals surface area (Å²) in [7, 11) is 0. The Balaban J connectivity index is 0.000000318. The molecule has 0 bridgehead atoms. The van der Waals surface area contributed by atoms with Crippen molar-refractivity contribution in [3.63, 3.8) is 0 Å². The summed E-state index contributed by atoms with van der Waals surface area (Å²) in [4.78, 5) is 26.4. The number of carbonyl (C=O) groups is 2. The zero-order valence-electron chi connectivity index (χ0n) is 22.3. The molecule has 3 aromatic heterocycles. The molecule has 3 aromatic rings. The minimum atomic E-state index is -2.27. The Morgan fingerprint density at radius 2 is 1.80 bits per heavy atom. The molecule has 2 atom stereocenters. The third kappa shape index (κ3) is 7.14. The van der Waals surface area contributed by atoms with Crippen LogP contribution in [0.2, 0.25) is 0 Å². The zero-order chi connectivity index (χ0) is 28.8. The summed E-state index contributed by atoms with van der Waals surface area (Å²) in [6.45, 7) is 7.40. The fourth-order valence-electron chi connectivity index (χ4n) is 4.37. The summed E-state index contributed by atoms with van der Waals surface area (Å²) >= 11 is 0. The molecule has 0 aromatic carbocycles. The van der Waals surface area contributed by atoms with Crippen LogP contribution in [-0.4, -0.2) is 92.7 Å². The average Bonchev–Trinajstić information content (AvgIpc) is 3.29. The van der Waals surface area contributed by atoms with E-state index in [1.165, 1.54) is 31.4 Å². The van der Waals surface area contributed by atoms with Gasteiger partial charge in [0.15, 0.2) is 12.2 Å². The number of aliphatic carboxylic acids is 2. The smallest absolute Gasteiger partial charge is 0.335 e. The maximum atomic E-state index is 9.77. The van der Waals surface area contributed by atoms with Crippen LogP contribution in [0, 0.1) is 19.8 Å². The fourth-order valence-corrected chi connectivity index (χ4v) is 4.37. The van der Waals surface area contributed by atoms with Crippen molar-refractivity contribution in [3.8, 4) is 11.6 Å². The Morgan fingerprint density at radius 3 is 2.40 bits per heavy atom. The Kier molecular flexibility index (Phi) is 9.34. The summed E-state index contributed by atoms with van der Waals surface area (Å²) in [6, 6.07) is 5.98. The van der Waals surface area contributed by atoms with Crippen molar-refractivity contribution in [2.75, 3.05) is 13.1 Å². The maximum absolute atomic E-state index is 9.77. The molecule has 0 radical (unpaired) electrons. The van der Waals surface area contributed by atoms with E-state index in [1.54, 1.807) is 10.9 Å². The summed E-state index contributed by atoms with van der Waals surface area (Å²) in [6.07, 6.45) is 2.42. The SMILES string of the molecule is Cc1ccc(-n2nnc(C)c2COc2cc3c(nn2)CN(CC2CCC2)CC3)cn1.O=C(O)C(O)C(O)C(=O)O. The number of ether oxygens (including phenoxy) is 1. The number of aliphatic hydroxyl groups is 2. The van der Waals surface area contributed by atoms with Gasteiger partial charge < -0.3 is 25.2 Å². The van der Waals surface area contributed by atoms with E-state index in [4.69, 9.17) is 25.2 Å². The van der Waals surface area contributed by atoms with E-state index >= 15 is 0 Å². The second-order valence-electron chi connectivity index (χ2n) is 9.98. The van der Waals surface area contributed by atoms with Gasteiger partial charge in [0, 0.05) is 31.4 Å². The van der Waals surface area contributed by atoms with Crippen molar-refractivity contribution in [2.24, 2.45) is 5.92 Å². The first-order valence-electron chi connectivity index (χ1n) is 13.0. The molecule has 14 heteroatoms. The number of nitrogens with zero attached hydrogens (tertiary/aromatic N) is 7. The van der Waals surface area contributed by atoms with Gasteiger partial charge in [-0.15, -0.1) is 10.2 Å². The largest absolute Gasteiger partial charge is 0.479 e. The second-order valence-corrected chi connectivity index (χ2v) is 9.98. The van der Waals surface area contributed by atoms with Crippen LogP contribution in [0.1, 0.15) is 47.6 Å². The molecule has 1 fully saturated rings. The molecule has 0 saturated heterocycles. The van der Waals surface area contributed by atoms with Crippen molar-refractivity contribution in [2.45, 2.75) is 64.9 Å². The number of pyridine rings is 1. The first kappa shape index (κ1) is 29.0. The Labute approximate surface area is 230 Å². The number of hydrogen-bond donors (Lipinski definition) is 4. The van der Waals surface area contributed by atoms with Crippen molar-refractivity contribution in [1.29, 1.82) is 0 Å². The van der Waals surface area contributed by atoms with E-state index in [9.17, 15) is 9.59 Å². The van der Waals surface area contributed by atoms with Gasteiger partial charge in [0.2, 0.25) is 5.88 Å². The van der Waals surface area contributed by atoms with Crippen molar-refractivity contribution in [3.05, 3.63) is 52.7 Å². The van der Waals surface area contributed by atoms with Gasteiger partial charge in [-0.2, -0.15) is 5.10 Å². The summed E-state index contributed by atoms with van der Waals surface area (Å²) in [5, 5.41) is 49.8. The molecular formula is C26H33N7O7. The van der Waals surface area contributed by atoms with Gasteiger partial charge in [-0.3, -0.25) is 9.88 Å². The summed E-state index contributed by atoms with van der Waals surface area (Å²) in [5.41, 5.74) is 5.87. The third-order valence-corrected chi connectivity index (χ3v) is 7.01. The number of fused-ring (bicyclic) bond motifs is 1. The third-order valence-electron chi connectivity index (χ3n) is 7.01. The molecule has 14 nitrogen and oxygen atoms in total. The number of carboxylic acids is 2. The minimum absolute atomic E-state index is 0.327. The topological polar surface area (TPSA) is 197 Å². The van der Waals surface area contributed by atoms with Gasteiger partial charge in [0.25, 0.3) is 0 Å². The van der Waals surface area contributed by atoms with Crippen LogP contribution >= 0.6 is 0 Å². The Morgan fingerprint density at radius 1 is 1.07 bits per heavy atom. The van der Waals surface area contributed by atoms with E-state index in [-0.39, 0.29) is 0 Å². The van der Waals surface area contributed by atoms with Gasteiger partial charge >= 0.3 is 11.9 Å². The first-order valence-corrected chi connectivity index (χ1v) is 13.0. The number of aliphatic hydroxyl groups excluding tert-OH is 2. The van der Waals surface area contributed by atoms with Crippen LogP contribution in [0.3, 0.4) is 0 Å². The predicted molar refractivity (Wildman–Crippen MR) is 139 cm³/mol. The standard InChI is InChI=1S/C22H27N7O.C4H6O6/c1-15-6-7-19(11-23-15)29-21(16(2)24-27-29)14-30-22-10-18-8-9-28(12-17-4-3-5-17)13-20(18)25-26-22;5-1(3(7)8)2(6)4(9)10/h6-7,10-11,17H,3-5,8-9,12-14H2,1-2H3;1-2,5-6H,(H,7,8)(H,9,10). The average molecular weight is 556 g/mol. The normalized spacial score (nSPS) is 16.6. The highest BCUT2D eigenvalue weighted by Crippen LogP contribution is 2.29. The van der Waals surface area contributed by atoms with Crippen molar-refractivity contribution >= 4 is 11.9 Å². The lowest BCUT2D eigenvalue weighted by molar-refractivity contribution is -0.165. The highest BCUT2D eigenvalue weighted by atomic mass is 16.5. The number of carboxylic acid groups (broad SMARTS) is 2. The molecule has 1 aliphatic carbocycles. The zero-order valence-corrected chi connectivity index (χ0v) is 22.3. The van der Waals surface area contributed by atoms with Gasteiger partial charge in [-0.25, -0.2) is 14.3 Å². The van der Waals surface area contributed by atoms with Crippen LogP contribution < -0.4 is 4.74 Å². The molecule has 0 spiro atoms. The molecular weight excluding hydrogens is 522 g/mol. The number of aryl methyl sites for hydroxylation is 2. The Hall–Kier alpha value is -4.01. The maximum Gasteiger partial charge on any atom is 0.335 e. The van der Waals surface area contributed by atoms with Crippen molar-refractivity contribution in [1.82, 2.24) is 35.1 Å². The molecule has 214 valence electrons. The van der Waals surface area contributed by atoms with E-state index in [1.807, 2.05) is 32.0 Å². The van der Waals surface area contributed by atoms with Crippen LogP contribution in [0.4, 0.5) is 0 Å². The van der Waals surface area contributed by atoms with E-state index in [0.29, 0.717) is 12.5 Å². The number of aromatic nitrogens is 6. The molecule has 4 heterocycles. The number of rotatable bonds is 9. The monoisotopic (exact) mass is 555 g/mol. The molecule has 40 heavy (non-hydrogen) atoms.